The van der Waals surface area contributed by atoms with Gasteiger partial charge in [-0.15, -0.1) is 0 Å². The van der Waals surface area contributed by atoms with E-state index in [4.69, 9.17) is 5.73 Å². The highest BCUT2D eigenvalue weighted by Crippen LogP contribution is 2.26. The van der Waals surface area contributed by atoms with Crippen LogP contribution in [0.1, 0.15) is 37.0 Å². The molecule has 1 heterocycles. The van der Waals surface area contributed by atoms with Gasteiger partial charge in [-0.3, -0.25) is 4.79 Å². The van der Waals surface area contributed by atoms with Crippen molar-refractivity contribution in [1.82, 2.24) is 5.32 Å². The summed E-state index contributed by atoms with van der Waals surface area (Å²) < 4.78 is 13.4. The molecule has 4 nitrogen and oxygen atoms in total. The van der Waals surface area contributed by atoms with Gasteiger partial charge in [-0.25, -0.2) is 4.39 Å². The van der Waals surface area contributed by atoms with Gasteiger partial charge in [0.1, 0.15) is 5.82 Å². The predicted molar refractivity (Wildman–Crippen MR) is 83.0 cm³/mol. The molecule has 0 spiro atoms. The summed E-state index contributed by atoms with van der Waals surface area (Å²) in [5, 5.41) is 3.40. The minimum atomic E-state index is -0.586. The zero-order chi connectivity index (χ0) is 15.4. The number of anilines is 1. The minimum absolute atomic E-state index is 0.218. The molecule has 116 valence electrons. The number of carbonyl (C=O) groups is 1. The molecule has 0 aliphatic carbocycles. The molecule has 1 aliphatic heterocycles. The molecule has 1 amide bonds. The number of halogens is 1. The Hall–Kier alpha value is -1.62. The average molecular weight is 293 g/mol. The second-order valence-corrected chi connectivity index (χ2v) is 5.98. The van der Waals surface area contributed by atoms with Crippen molar-refractivity contribution in [1.29, 1.82) is 0 Å². The minimum Gasteiger partial charge on any atom is -0.368 e. The van der Waals surface area contributed by atoms with E-state index in [2.05, 4.69) is 24.1 Å². The Morgan fingerprint density at radius 3 is 2.86 bits per heavy atom. The Morgan fingerprint density at radius 1 is 1.52 bits per heavy atom. The Balaban J connectivity index is 2.27. The van der Waals surface area contributed by atoms with Crippen LogP contribution < -0.4 is 16.0 Å². The average Bonchev–Trinajstić information content (AvgIpc) is 2.46. The van der Waals surface area contributed by atoms with Gasteiger partial charge in [-0.1, -0.05) is 0 Å². The Bertz CT molecular complexity index is 498. The largest absolute Gasteiger partial charge is 0.368 e. The smallest absolute Gasteiger partial charge is 0.250 e. The summed E-state index contributed by atoms with van der Waals surface area (Å²) in [6.07, 6.45) is 2.34. The number of hydrogen-bond donors (Lipinski definition) is 2. The number of carbonyl (C=O) groups excluding carboxylic acids is 1. The quantitative estimate of drug-likeness (QED) is 0.874. The van der Waals surface area contributed by atoms with E-state index in [1.165, 1.54) is 25.0 Å². The Labute approximate surface area is 125 Å². The summed E-state index contributed by atoms with van der Waals surface area (Å²) in [4.78, 5) is 13.8. The van der Waals surface area contributed by atoms with E-state index in [1.807, 2.05) is 0 Å². The Kier molecular flexibility index (Phi) is 5.17. The topological polar surface area (TPSA) is 58.4 Å². The number of benzene rings is 1. The number of primary amides is 1. The molecule has 1 atom stereocenters. The summed E-state index contributed by atoms with van der Waals surface area (Å²) in [6, 6.07) is 4.49. The molecule has 1 unspecified atom stereocenters. The lowest BCUT2D eigenvalue weighted by atomic mass is 9.97. The normalized spacial score (nSPS) is 18.8. The number of nitrogens with one attached hydrogen (secondary N) is 1. The maximum absolute atomic E-state index is 13.4. The van der Waals surface area contributed by atoms with Crippen LogP contribution in [0.15, 0.2) is 18.2 Å². The van der Waals surface area contributed by atoms with Crippen molar-refractivity contribution in [2.24, 2.45) is 11.7 Å². The van der Waals surface area contributed by atoms with Crippen molar-refractivity contribution in [3.05, 3.63) is 29.6 Å². The fourth-order valence-corrected chi connectivity index (χ4v) is 2.90. The molecule has 2 rings (SSSR count). The summed E-state index contributed by atoms with van der Waals surface area (Å²) in [5.41, 5.74) is 6.39. The molecule has 1 aromatic rings. The third-order valence-corrected chi connectivity index (χ3v) is 4.01. The van der Waals surface area contributed by atoms with Gasteiger partial charge in [0.2, 0.25) is 0 Å². The van der Waals surface area contributed by atoms with Gasteiger partial charge < -0.3 is 16.0 Å². The molecule has 0 aromatic heterocycles. The molecule has 3 N–H and O–H groups in total. The molecule has 21 heavy (non-hydrogen) atoms. The number of hydrogen-bond acceptors (Lipinski definition) is 3. The van der Waals surface area contributed by atoms with E-state index in [0.29, 0.717) is 5.92 Å². The van der Waals surface area contributed by atoms with Gasteiger partial charge in [0.25, 0.3) is 5.91 Å². The molecule has 1 saturated heterocycles. The second-order valence-electron chi connectivity index (χ2n) is 5.98. The van der Waals surface area contributed by atoms with Gasteiger partial charge >= 0.3 is 0 Å². The van der Waals surface area contributed by atoms with Crippen molar-refractivity contribution in [2.45, 2.75) is 32.7 Å². The van der Waals surface area contributed by atoms with Crippen molar-refractivity contribution < 1.29 is 9.18 Å². The SMILES string of the molecule is CC(C)N(CC1CCCNC1)c1ccc(F)cc1C(N)=O. The lowest BCUT2D eigenvalue weighted by molar-refractivity contribution is 0.1000. The fourth-order valence-electron chi connectivity index (χ4n) is 2.90. The zero-order valence-corrected chi connectivity index (χ0v) is 12.7. The summed E-state index contributed by atoms with van der Waals surface area (Å²) in [7, 11) is 0. The van der Waals surface area contributed by atoms with E-state index >= 15 is 0 Å². The number of amides is 1. The summed E-state index contributed by atoms with van der Waals surface area (Å²) >= 11 is 0. The van der Waals surface area contributed by atoms with Gasteiger partial charge in [-0.05, 0) is 63.9 Å². The van der Waals surface area contributed by atoms with Crippen LogP contribution in [0.5, 0.6) is 0 Å². The number of piperidine rings is 1. The van der Waals surface area contributed by atoms with Crippen LogP contribution >= 0.6 is 0 Å². The van der Waals surface area contributed by atoms with E-state index in [1.54, 1.807) is 6.07 Å². The summed E-state index contributed by atoms with van der Waals surface area (Å²) in [5.74, 6) is -0.487. The Morgan fingerprint density at radius 2 is 2.29 bits per heavy atom. The molecule has 0 radical (unpaired) electrons. The second kappa shape index (κ2) is 6.89. The van der Waals surface area contributed by atoms with E-state index in [-0.39, 0.29) is 11.6 Å². The molecule has 0 saturated carbocycles. The molecular weight excluding hydrogens is 269 g/mol. The lowest BCUT2D eigenvalue weighted by Crippen LogP contribution is -2.42. The van der Waals surface area contributed by atoms with Crippen LogP contribution in [0, 0.1) is 11.7 Å². The highest BCUT2D eigenvalue weighted by atomic mass is 19.1. The van der Waals surface area contributed by atoms with Crippen LogP contribution in [0.2, 0.25) is 0 Å². The zero-order valence-electron chi connectivity index (χ0n) is 12.7. The highest BCUT2D eigenvalue weighted by Gasteiger charge is 2.22. The van der Waals surface area contributed by atoms with Crippen LogP contribution in [0.3, 0.4) is 0 Å². The first kappa shape index (κ1) is 15.8. The van der Waals surface area contributed by atoms with Gasteiger partial charge in [0.05, 0.1) is 5.56 Å². The fraction of sp³-hybridized carbons (Fsp3) is 0.562. The van der Waals surface area contributed by atoms with E-state index < -0.39 is 11.7 Å². The first-order chi connectivity index (χ1) is 9.99. The first-order valence-corrected chi connectivity index (χ1v) is 7.55. The standard InChI is InChI=1S/C16H24FN3O/c1-11(2)20(10-12-4-3-7-19-9-12)15-6-5-13(17)8-14(15)16(18)21/h5-6,8,11-12,19H,3-4,7,9-10H2,1-2H3,(H2,18,21). The molecule has 0 bridgehead atoms. The predicted octanol–water partition coefficient (Wildman–Crippen LogP) is 2.14. The van der Waals surface area contributed by atoms with Gasteiger partial charge in [0, 0.05) is 18.3 Å². The lowest BCUT2D eigenvalue weighted by Gasteiger charge is -2.35. The van der Waals surface area contributed by atoms with Crippen molar-refractivity contribution in [3.8, 4) is 0 Å². The maximum atomic E-state index is 13.4. The van der Waals surface area contributed by atoms with E-state index in [9.17, 15) is 9.18 Å². The molecule has 1 aliphatic rings. The van der Waals surface area contributed by atoms with Crippen LogP contribution in [0.4, 0.5) is 10.1 Å². The third-order valence-electron chi connectivity index (χ3n) is 4.01. The number of nitrogens with two attached hydrogens (primary N) is 1. The van der Waals surface area contributed by atoms with Crippen LogP contribution in [-0.4, -0.2) is 31.6 Å². The summed E-state index contributed by atoms with van der Waals surface area (Å²) in [6.45, 7) is 7.04. The monoisotopic (exact) mass is 293 g/mol. The molecule has 5 heteroatoms. The molecular formula is C16H24FN3O. The van der Waals surface area contributed by atoms with E-state index in [0.717, 1.165) is 25.3 Å². The van der Waals surface area contributed by atoms with Crippen LogP contribution in [-0.2, 0) is 0 Å². The first-order valence-electron chi connectivity index (χ1n) is 7.55. The maximum Gasteiger partial charge on any atom is 0.250 e. The molecule has 1 fully saturated rings. The highest BCUT2D eigenvalue weighted by molar-refractivity contribution is 5.98. The van der Waals surface area contributed by atoms with Crippen molar-refractivity contribution in [3.63, 3.8) is 0 Å². The number of rotatable bonds is 5. The van der Waals surface area contributed by atoms with Crippen LogP contribution in [0.25, 0.3) is 0 Å². The third kappa shape index (κ3) is 3.94. The number of nitrogens with zero attached hydrogens (tertiary/aromatic N) is 1. The van der Waals surface area contributed by atoms with Crippen molar-refractivity contribution in [2.75, 3.05) is 24.5 Å². The molecule has 1 aromatic carbocycles. The van der Waals surface area contributed by atoms with Gasteiger partial charge in [-0.2, -0.15) is 0 Å². The van der Waals surface area contributed by atoms with Gasteiger partial charge in [0.15, 0.2) is 0 Å². The van der Waals surface area contributed by atoms with Crippen molar-refractivity contribution >= 4 is 11.6 Å².